The summed E-state index contributed by atoms with van der Waals surface area (Å²) < 4.78 is 9.16. The molecule has 0 atom stereocenters. The van der Waals surface area contributed by atoms with Crippen LogP contribution < -0.4 is 0 Å². The number of hydrogen-bond acceptors (Lipinski definition) is 5. The van der Waals surface area contributed by atoms with Crippen molar-refractivity contribution < 1.29 is 4.42 Å². The second-order valence-electron chi connectivity index (χ2n) is 17.0. The van der Waals surface area contributed by atoms with Crippen LogP contribution in [0.4, 0.5) is 0 Å². The highest BCUT2D eigenvalue weighted by atomic mass is 16.3. The fourth-order valence-corrected chi connectivity index (χ4v) is 9.75. The zero-order valence-corrected chi connectivity index (χ0v) is 36.7. The van der Waals surface area contributed by atoms with E-state index in [0.29, 0.717) is 17.5 Å². The molecule has 0 aliphatic heterocycles. The normalized spacial score (nSPS) is 11.5. The number of benzene rings is 9. The summed E-state index contributed by atoms with van der Waals surface area (Å²) in [5.41, 5.74) is 15.5. The lowest BCUT2D eigenvalue weighted by Crippen LogP contribution is -2.02. The van der Waals surface area contributed by atoms with Gasteiger partial charge in [0.1, 0.15) is 11.2 Å². The van der Waals surface area contributed by atoms with Crippen LogP contribution in [0.1, 0.15) is 0 Å². The molecule has 0 radical (unpaired) electrons. The molecule has 0 bridgehead atoms. The van der Waals surface area contributed by atoms with Crippen LogP contribution in [0.3, 0.4) is 0 Å². The smallest absolute Gasteiger partial charge is 0.166 e. The van der Waals surface area contributed by atoms with E-state index in [1.54, 1.807) is 0 Å². The summed E-state index contributed by atoms with van der Waals surface area (Å²) in [6.07, 6.45) is 1.99. The molecule has 9 aromatic carbocycles. The number of nitrogens with zero attached hydrogens (tertiary/aromatic N) is 5. The number of para-hydroxylation sites is 2. The molecule has 6 heteroatoms. The minimum atomic E-state index is 0.514. The molecule has 318 valence electrons. The SMILES string of the molecule is c1ccc(-c2cc(-c3ccccc3)cc(-c3cnc(-c4cccc5oc6ccc7c(c8ccccc8n7-c7ccccc7)c6c45)c(-c4nc(-c5ccccc5)nc(-c5ccccc5)n4)c3)c2)cc1. The number of furan rings is 1. The Morgan fingerprint density at radius 1 is 0.324 bits per heavy atom. The first kappa shape index (κ1) is 39.1. The van der Waals surface area contributed by atoms with Crippen LogP contribution in [-0.4, -0.2) is 24.5 Å². The molecule has 0 unspecified atom stereocenters. The van der Waals surface area contributed by atoms with Crippen molar-refractivity contribution in [1.82, 2.24) is 24.5 Å². The van der Waals surface area contributed by atoms with Gasteiger partial charge in [-0.05, 0) is 88.5 Å². The van der Waals surface area contributed by atoms with E-state index in [1.165, 1.54) is 0 Å². The molecule has 0 N–H and O–H groups in total. The monoisotopic (exact) mass is 869 g/mol. The average molecular weight is 870 g/mol. The molecule has 0 saturated carbocycles. The van der Waals surface area contributed by atoms with E-state index in [4.69, 9.17) is 24.4 Å². The molecule has 0 saturated heterocycles. The fraction of sp³-hybridized carbons (Fsp3) is 0. The molecule has 13 rings (SSSR count). The van der Waals surface area contributed by atoms with E-state index in [-0.39, 0.29) is 0 Å². The van der Waals surface area contributed by atoms with Gasteiger partial charge in [-0.25, -0.2) is 15.0 Å². The highest BCUT2D eigenvalue weighted by Gasteiger charge is 2.24. The van der Waals surface area contributed by atoms with E-state index in [9.17, 15) is 0 Å². The topological polar surface area (TPSA) is 69.6 Å². The van der Waals surface area contributed by atoms with E-state index < -0.39 is 0 Å². The first-order valence-corrected chi connectivity index (χ1v) is 22.8. The zero-order valence-electron chi connectivity index (χ0n) is 36.7. The Morgan fingerprint density at radius 3 is 1.46 bits per heavy atom. The van der Waals surface area contributed by atoms with E-state index >= 15 is 0 Å². The van der Waals surface area contributed by atoms with Crippen molar-refractivity contribution in [3.63, 3.8) is 0 Å². The highest BCUT2D eigenvalue weighted by molar-refractivity contribution is 6.29. The summed E-state index contributed by atoms with van der Waals surface area (Å²) in [7, 11) is 0. The van der Waals surface area contributed by atoms with Crippen LogP contribution in [0.15, 0.2) is 241 Å². The van der Waals surface area contributed by atoms with Gasteiger partial charge in [-0.1, -0.05) is 170 Å². The number of pyridine rings is 1. The third-order valence-corrected chi connectivity index (χ3v) is 12.9. The molecular formula is C62H39N5O. The summed E-state index contributed by atoms with van der Waals surface area (Å²) in [6.45, 7) is 0. The van der Waals surface area contributed by atoms with Gasteiger partial charge in [0.2, 0.25) is 0 Å². The Morgan fingerprint density at radius 2 is 0.838 bits per heavy atom. The Balaban J connectivity index is 1.11. The molecule has 13 aromatic rings. The van der Waals surface area contributed by atoms with Gasteiger partial charge in [-0.3, -0.25) is 4.98 Å². The largest absolute Gasteiger partial charge is 0.456 e. The predicted octanol–water partition coefficient (Wildman–Crippen LogP) is 15.9. The van der Waals surface area contributed by atoms with Crippen LogP contribution in [-0.2, 0) is 0 Å². The molecule has 68 heavy (non-hydrogen) atoms. The summed E-state index contributed by atoms with van der Waals surface area (Å²) in [5.74, 6) is 1.66. The molecule has 4 aromatic heterocycles. The number of hydrogen-bond donors (Lipinski definition) is 0. The van der Waals surface area contributed by atoms with Gasteiger partial charge in [0, 0.05) is 61.2 Å². The van der Waals surface area contributed by atoms with Crippen molar-refractivity contribution in [2.75, 3.05) is 0 Å². The second-order valence-corrected chi connectivity index (χ2v) is 17.0. The molecule has 0 spiro atoms. The van der Waals surface area contributed by atoms with Gasteiger partial charge < -0.3 is 8.98 Å². The standard InChI is InChI=1S/C62H39N5O/c1-6-19-40(20-7-1)44-35-45(41-21-8-2-9-22-41)37-46(36-44)47-38-51(62-65-60(42-23-10-3-11-24-42)64-61(66-62)43-25-12-4-13-26-43)59(63-39-47)50-30-18-32-54-57(50)58-55(68-54)34-33-53-56(58)49-29-16-17-31-52(49)67(53)48-27-14-5-15-28-48/h1-39H. The summed E-state index contributed by atoms with van der Waals surface area (Å²) in [4.78, 5) is 21.2. The van der Waals surface area contributed by atoms with Crippen LogP contribution >= 0.6 is 0 Å². The van der Waals surface area contributed by atoms with Crippen LogP contribution in [0.5, 0.6) is 0 Å². The molecule has 0 fully saturated rings. The van der Waals surface area contributed by atoms with Crippen molar-refractivity contribution in [2.24, 2.45) is 0 Å². The van der Waals surface area contributed by atoms with Crippen molar-refractivity contribution in [1.29, 1.82) is 0 Å². The van der Waals surface area contributed by atoms with Gasteiger partial charge in [0.15, 0.2) is 17.5 Å². The summed E-state index contributed by atoms with van der Waals surface area (Å²) in [6, 6.07) is 80.0. The lowest BCUT2D eigenvalue weighted by atomic mass is 9.92. The lowest BCUT2D eigenvalue weighted by molar-refractivity contribution is 0.669. The van der Waals surface area contributed by atoms with E-state index in [2.05, 4.69) is 174 Å². The second kappa shape index (κ2) is 16.3. The van der Waals surface area contributed by atoms with E-state index in [1.807, 2.05) is 66.9 Å². The Labute approximate surface area is 392 Å². The average Bonchev–Trinajstić information content (AvgIpc) is 3.98. The van der Waals surface area contributed by atoms with Crippen molar-refractivity contribution in [2.45, 2.75) is 0 Å². The van der Waals surface area contributed by atoms with Gasteiger partial charge in [-0.2, -0.15) is 0 Å². The van der Waals surface area contributed by atoms with Gasteiger partial charge >= 0.3 is 0 Å². The molecule has 0 aliphatic rings. The number of rotatable bonds is 8. The molecule has 0 amide bonds. The van der Waals surface area contributed by atoms with Gasteiger partial charge in [0.05, 0.1) is 16.7 Å². The molecule has 4 heterocycles. The lowest BCUT2D eigenvalue weighted by Gasteiger charge is -2.15. The van der Waals surface area contributed by atoms with Crippen molar-refractivity contribution in [3.8, 4) is 84.5 Å². The quantitative estimate of drug-likeness (QED) is 0.152. The molecule has 0 aliphatic carbocycles. The third kappa shape index (κ3) is 6.74. The Kier molecular flexibility index (Phi) is 9.39. The maximum absolute atomic E-state index is 6.81. The van der Waals surface area contributed by atoms with Gasteiger partial charge in [0.25, 0.3) is 0 Å². The van der Waals surface area contributed by atoms with E-state index in [0.717, 1.165) is 111 Å². The Bertz CT molecular complexity index is 3880. The third-order valence-electron chi connectivity index (χ3n) is 12.9. The van der Waals surface area contributed by atoms with Crippen molar-refractivity contribution in [3.05, 3.63) is 237 Å². The number of fused-ring (bicyclic) bond motifs is 7. The minimum Gasteiger partial charge on any atom is -0.456 e. The van der Waals surface area contributed by atoms with Gasteiger partial charge in [-0.15, -0.1) is 0 Å². The highest BCUT2D eigenvalue weighted by Crippen LogP contribution is 2.46. The van der Waals surface area contributed by atoms with Crippen LogP contribution in [0.2, 0.25) is 0 Å². The maximum atomic E-state index is 6.81. The first-order valence-electron chi connectivity index (χ1n) is 22.8. The predicted molar refractivity (Wildman–Crippen MR) is 277 cm³/mol. The zero-order chi connectivity index (χ0) is 45.0. The van der Waals surface area contributed by atoms with Crippen LogP contribution in [0, 0.1) is 0 Å². The minimum absolute atomic E-state index is 0.514. The van der Waals surface area contributed by atoms with Crippen molar-refractivity contribution >= 4 is 43.7 Å². The number of aromatic nitrogens is 5. The fourth-order valence-electron chi connectivity index (χ4n) is 9.75. The molecular weight excluding hydrogens is 831 g/mol. The summed E-state index contributed by atoms with van der Waals surface area (Å²) in [5, 5.41) is 4.27. The first-order chi connectivity index (χ1) is 33.7. The van der Waals surface area contributed by atoms with Crippen LogP contribution in [0.25, 0.3) is 128 Å². The summed E-state index contributed by atoms with van der Waals surface area (Å²) >= 11 is 0. The molecule has 6 nitrogen and oxygen atoms in total. The Hall–Kier alpha value is -9.26. The maximum Gasteiger partial charge on any atom is 0.166 e.